The smallest absolute Gasteiger partial charge is 0.326 e. The standard InChI is InChI=1S/C14H26N2O3/c1-3-9(2)12(14(18)19)16-13(17)11-6-4-10(8-15)5-7-11/h9-12H,3-8,15H2,1-2H3,(H,16,17)(H,18,19). The van der Waals surface area contributed by atoms with Gasteiger partial charge in [-0.25, -0.2) is 4.79 Å². The average Bonchev–Trinajstić information content (AvgIpc) is 2.43. The fourth-order valence-corrected chi connectivity index (χ4v) is 2.61. The normalized spacial score (nSPS) is 26.5. The van der Waals surface area contributed by atoms with Gasteiger partial charge in [0.1, 0.15) is 6.04 Å². The summed E-state index contributed by atoms with van der Waals surface area (Å²) < 4.78 is 0. The van der Waals surface area contributed by atoms with Gasteiger partial charge in [0.05, 0.1) is 0 Å². The second kappa shape index (κ2) is 7.48. The fourth-order valence-electron chi connectivity index (χ4n) is 2.61. The summed E-state index contributed by atoms with van der Waals surface area (Å²) in [6.07, 6.45) is 4.31. The molecule has 2 unspecified atom stereocenters. The molecule has 1 rings (SSSR count). The Morgan fingerprint density at radius 3 is 2.32 bits per heavy atom. The Hall–Kier alpha value is -1.10. The van der Waals surface area contributed by atoms with Crippen LogP contribution in [0.25, 0.3) is 0 Å². The van der Waals surface area contributed by atoms with Crippen molar-refractivity contribution in [2.24, 2.45) is 23.5 Å². The van der Waals surface area contributed by atoms with Crippen molar-refractivity contribution in [1.82, 2.24) is 5.32 Å². The number of hydrogen-bond acceptors (Lipinski definition) is 3. The topological polar surface area (TPSA) is 92.4 Å². The van der Waals surface area contributed by atoms with Crippen molar-refractivity contribution in [2.45, 2.75) is 52.0 Å². The van der Waals surface area contributed by atoms with Crippen LogP contribution in [0, 0.1) is 17.8 Å². The van der Waals surface area contributed by atoms with Crippen LogP contribution in [0.1, 0.15) is 46.0 Å². The van der Waals surface area contributed by atoms with Gasteiger partial charge in [0.2, 0.25) is 5.91 Å². The van der Waals surface area contributed by atoms with Crippen LogP contribution < -0.4 is 11.1 Å². The number of amides is 1. The molecule has 0 radical (unpaired) electrons. The zero-order chi connectivity index (χ0) is 14.4. The maximum absolute atomic E-state index is 12.1. The van der Waals surface area contributed by atoms with Crippen LogP contribution in [0.3, 0.4) is 0 Å². The van der Waals surface area contributed by atoms with Crippen LogP contribution in [-0.2, 0) is 9.59 Å². The Morgan fingerprint density at radius 1 is 1.32 bits per heavy atom. The van der Waals surface area contributed by atoms with E-state index in [4.69, 9.17) is 5.73 Å². The molecule has 5 heteroatoms. The van der Waals surface area contributed by atoms with E-state index < -0.39 is 12.0 Å². The molecule has 1 fully saturated rings. The number of nitrogens with one attached hydrogen (secondary N) is 1. The summed E-state index contributed by atoms with van der Waals surface area (Å²) in [6, 6.07) is -0.773. The van der Waals surface area contributed by atoms with Crippen molar-refractivity contribution < 1.29 is 14.7 Å². The minimum Gasteiger partial charge on any atom is -0.480 e. The molecule has 4 N–H and O–H groups in total. The Bertz CT molecular complexity index is 312. The summed E-state index contributed by atoms with van der Waals surface area (Å²) in [5, 5.41) is 11.9. The summed E-state index contributed by atoms with van der Waals surface area (Å²) in [4.78, 5) is 23.3. The van der Waals surface area contributed by atoms with E-state index in [9.17, 15) is 14.7 Å². The third kappa shape index (κ3) is 4.49. The minimum atomic E-state index is -0.946. The van der Waals surface area contributed by atoms with E-state index in [2.05, 4.69) is 5.32 Å². The van der Waals surface area contributed by atoms with Crippen LogP contribution in [0.5, 0.6) is 0 Å². The molecular formula is C14H26N2O3. The van der Waals surface area contributed by atoms with Gasteiger partial charge in [-0.15, -0.1) is 0 Å². The summed E-state index contributed by atoms with van der Waals surface area (Å²) in [5.74, 6) is -0.633. The largest absolute Gasteiger partial charge is 0.480 e. The van der Waals surface area contributed by atoms with E-state index in [-0.39, 0.29) is 17.7 Å². The molecule has 5 nitrogen and oxygen atoms in total. The molecule has 110 valence electrons. The number of carboxylic acid groups (broad SMARTS) is 1. The van der Waals surface area contributed by atoms with E-state index >= 15 is 0 Å². The lowest BCUT2D eigenvalue weighted by atomic mass is 9.81. The average molecular weight is 270 g/mol. The zero-order valence-electron chi connectivity index (χ0n) is 11.9. The van der Waals surface area contributed by atoms with E-state index in [1.54, 1.807) is 0 Å². The predicted molar refractivity (Wildman–Crippen MR) is 73.5 cm³/mol. The number of carbonyl (C=O) groups is 2. The van der Waals surface area contributed by atoms with Crippen molar-refractivity contribution in [2.75, 3.05) is 6.54 Å². The van der Waals surface area contributed by atoms with Gasteiger partial charge in [-0.05, 0) is 44.1 Å². The second-order valence-corrected chi connectivity index (χ2v) is 5.66. The molecule has 0 aromatic heterocycles. The van der Waals surface area contributed by atoms with Crippen molar-refractivity contribution in [3.63, 3.8) is 0 Å². The van der Waals surface area contributed by atoms with Gasteiger partial charge in [0.15, 0.2) is 0 Å². The van der Waals surface area contributed by atoms with Gasteiger partial charge in [-0.3, -0.25) is 4.79 Å². The van der Waals surface area contributed by atoms with Gasteiger partial charge < -0.3 is 16.2 Å². The minimum absolute atomic E-state index is 0.0475. The quantitative estimate of drug-likeness (QED) is 0.679. The first kappa shape index (κ1) is 16.0. The lowest BCUT2D eigenvalue weighted by Gasteiger charge is -2.29. The maximum atomic E-state index is 12.1. The number of hydrogen-bond donors (Lipinski definition) is 3. The highest BCUT2D eigenvalue weighted by molar-refractivity contribution is 5.85. The molecule has 0 aromatic rings. The third-order valence-electron chi connectivity index (χ3n) is 4.33. The number of aliphatic carboxylic acids is 1. The molecule has 0 spiro atoms. The van der Waals surface area contributed by atoms with Crippen LogP contribution in [0.4, 0.5) is 0 Å². The lowest BCUT2D eigenvalue weighted by molar-refractivity contribution is -0.144. The third-order valence-corrected chi connectivity index (χ3v) is 4.33. The van der Waals surface area contributed by atoms with Crippen LogP contribution in [-0.4, -0.2) is 29.6 Å². The van der Waals surface area contributed by atoms with Gasteiger partial charge in [-0.1, -0.05) is 20.3 Å². The van der Waals surface area contributed by atoms with Crippen molar-refractivity contribution in [3.05, 3.63) is 0 Å². The monoisotopic (exact) mass is 270 g/mol. The summed E-state index contributed by atoms with van der Waals surface area (Å²) in [6.45, 7) is 4.46. The van der Waals surface area contributed by atoms with Crippen LogP contribution >= 0.6 is 0 Å². The van der Waals surface area contributed by atoms with E-state index in [1.807, 2.05) is 13.8 Å². The summed E-state index contributed by atoms with van der Waals surface area (Å²) in [7, 11) is 0. The molecule has 0 bridgehead atoms. The molecule has 0 heterocycles. The highest BCUT2D eigenvalue weighted by Crippen LogP contribution is 2.28. The van der Waals surface area contributed by atoms with Crippen molar-refractivity contribution in [3.8, 4) is 0 Å². The lowest BCUT2D eigenvalue weighted by Crippen LogP contribution is -2.47. The molecule has 0 saturated heterocycles. The van der Waals surface area contributed by atoms with Crippen molar-refractivity contribution in [1.29, 1.82) is 0 Å². The molecular weight excluding hydrogens is 244 g/mol. The molecule has 1 amide bonds. The van der Waals surface area contributed by atoms with Gasteiger partial charge in [-0.2, -0.15) is 0 Å². The Kier molecular flexibility index (Phi) is 6.28. The first-order valence-electron chi connectivity index (χ1n) is 7.22. The van der Waals surface area contributed by atoms with Crippen LogP contribution in [0.15, 0.2) is 0 Å². The Morgan fingerprint density at radius 2 is 1.89 bits per heavy atom. The second-order valence-electron chi connectivity index (χ2n) is 5.66. The summed E-state index contributed by atoms with van der Waals surface area (Å²) >= 11 is 0. The predicted octanol–water partition coefficient (Wildman–Crippen LogP) is 1.37. The van der Waals surface area contributed by atoms with Gasteiger partial charge in [0, 0.05) is 5.92 Å². The first-order chi connectivity index (χ1) is 8.99. The molecule has 0 aromatic carbocycles. The summed E-state index contributed by atoms with van der Waals surface area (Å²) in [5.41, 5.74) is 5.62. The Balaban J connectivity index is 2.51. The van der Waals surface area contributed by atoms with E-state index in [1.165, 1.54) is 0 Å². The maximum Gasteiger partial charge on any atom is 0.326 e. The number of carbonyl (C=O) groups excluding carboxylic acids is 1. The fraction of sp³-hybridized carbons (Fsp3) is 0.857. The van der Waals surface area contributed by atoms with Gasteiger partial charge >= 0.3 is 5.97 Å². The Labute approximate surface area is 114 Å². The number of nitrogens with two attached hydrogens (primary N) is 1. The molecule has 19 heavy (non-hydrogen) atoms. The number of rotatable bonds is 6. The van der Waals surface area contributed by atoms with E-state index in [0.717, 1.165) is 32.1 Å². The molecule has 0 aliphatic heterocycles. The first-order valence-corrected chi connectivity index (χ1v) is 7.22. The van der Waals surface area contributed by atoms with Crippen molar-refractivity contribution >= 4 is 11.9 Å². The highest BCUT2D eigenvalue weighted by atomic mass is 16.4. The van der Waals surface area contributed by atoms with Crippen LogP contribution in [0.2, 0.25) is 0 Å². The molecule has 1 saturated carbocycles. The van der Waals surface area contributed by atoms with Gasteiger partial charge in [0.25, 0.3) is 0 Å². The number of carboxylic acids is 1. The highest BCUT2D eigenvalue weighted by Gasteiger charge is 2.30. The zero-order valence-corrected chi connectivity index (χ0v) is 11.9. The molecule has 1 aliphatic rings. The molecule has 1 aliphatic carbocycles. The SMILES string of the molecule is CCC(C)C(NC(=O)C1CCC(CN)CC1)C(=O)O. The van der Waals surface area contributed by atoms with E-state index in [0.29, 0.717) is 12.5 Å². The molecule has 2 atom stereocenters.